The number of ether oxygens (including phenoxy) is 1. The fourth-order valence-corrected chi connectivity index (χ4v) is 1.50. The highest BCUT2D eigenvalue weighted by Crippen LogP contribution is 2.30. The first-order chi connectivity index (χ1) is 9.93. The fraction of sp³-hybridized carbons (Fsp3) is 0.500. The molecule has 0 unspecified atom stereocenters. The second kappa shape index (κ2) is 10.5. The van der Waals surface area contributed by atoms with Crippen LogP contribution in [0.5, 0.6) is 5.75 Å². The summed E-state index contributed by atoms with van der Waals surface area (Å²) < 4.78 is 42.4. The Balaban J connectivity index is 0.00000441. The molecule has 0 heterocycles. The number of hydrogen-bond acceptors (Lipinski definition) is 2. The zero-order chi connectivity index (χ0) is 15.7. The molecule has 0 saturated carbocycles. The average molecular weight is 431 g/mol. The van der Waals surface area contributed by atoms with Gasteiger partial charge in [0.1, 0.15) is 12.4 Å². The van der Waals surface area contributed by atoms with E-state index in [-0.39, 0.29) is 30.6 Å². The molecule has 3 N–H and O–H groups in total. The monoisotopic (exact) mass is 431 g/mol. The number of nitrogens with one attached hydrogen (secondary N) is 1. The van der Waals surface area contributed by atoms with Gasteiger partial charge in [-0.25, -0.2) is 0 Å². The Hall–Kier alpha value is -1.19. The highest BCUT2D eigenvalue weighted by molar-refractivity contribution is 14.0. The van der Waals surface area contributed by atoms with Crippen LogP contribution in [0, 0.1) is 0 Å². The third-order valence-corrected chi connectivity index (χ3v) is 2.65. The van der Waals surface area contributed by atoms with Gasteiger partial charge in [0.25, 0.3) is 0 Å². The van der Waals surface area contributed by atoms with E-state index < -0.39 is 11.7 Å². The fourth-order valence-electron chi connectivity index (χ4n) is 1.50. The SMILES string of the molecule is CCCCN=C(N)NCCOc1ccc(C(F)(F)F)cc1.I. The zero-order valence-electron chi connectivity index (χ0n) is 12.3. The number of hydrogen-bond donors (Lipinski definition) is 2. The van der Waals surface area contributed by atoms with Gasteiger partial charge in [-0.15, -0.1) is 24.0 Å². The summed E-state index contributed by atoms with van der Waals surface area (Å²) in [5.41, 5.74) is 4.93. The van der Waals surface area contributed by atoms with Crippen molar-refractivity contribution in [1.29, 1.82) is 0 Å². The van der Waals surface area contributed by atoms with Crippen LogP contribution in [-0.4, -0.2) is 25.7 Å². The lowest BCUT2D eigenvalue weighted by molar-refractivity contribution is -0.137. The molecule has 1 rings (SSSR count). The normalized spacial score (nSPS) is 11.7. The maximum absolute atomic E-state index is 12.4. The van der Waals surface area contributed by atoms with Crippen molar-refractivity contribution in [2.75, 3.05) is 19.7 Å². The van der Waals surface area contributed by atoms with Crippen LogP contribution in [-0.2, 0) is 6.18 Å². The summed E-state index contributed by atoms with van der Waals surface area (Å²) >= 11 is 0. The first kappa shape index (κ1) is 20.8. The lowest BCUT2D eigenvalue weighted by atomic mass is 10.2. The Morgan fingerprint density at radius 1 is 1.27 bits per heavy atom. The molecule has 4 nitrogen and oxygen atoms in total. The molecule has 0 aliphatic carbocycles. The second-order valence-corrected chi connectivity index (χ2v) is 4.42. The van der Waals surface area contributed by atoms with Gasteiger partial charge in [0.05, 0.1) is 12.1 Å². The summed E-state index contributed by atoms with van der Waals surface area (Å²) in [5.74, 6) is 0.728. The summed E-state index contributed by atoms with van der Waals surface area (Å²) in [6.45, 7) is 3.46. The molecule has 8 heteroatoms. The number of halogens is 4. The third-order valence-electron chi connectivity index (χ3n) is 2.65. The molecule has 0 aliphatic heterocycles. The number of benzene rings is 1. The van der Waals surface area contributed by atoms with Crippen LogP contribution >= 0.6 is 24.0 Å². The van der Waals surface area contributed by atoms with Crippen molar-refractivity contribution in [1.82, 2.24) is 5.32 Å². The molecule has 126 valence electrons. The molecule has 1 aromatic rings. The van der Waals surface area contributed by atoms with Crippen molar-refractivity contribution < 1.29 is 17.9 Å². The zero-order valence-corrected chi connectivity index (χ0v) is 14.7. The van der Waals surface area contributed by atoms with Crippen molar-refractivity contribution in [2.45, 2.75) is 25.9 Å². The number of nitrogens with zero attached hydrogens (tertiary/aromatic N) is 1. The first-order valence-corrected chi connectivity index (χ1v) is 6.77. The molecule has 0 bridgehead atoms. The molecule has 0 spiro atoms. The number of aliphatic imine (C=N–C) groups is 1. The van der Waals surface area contributed by atoms with Crippen LogP contribution in [0.3, 0.4) is 0 Å². The van der Waals surface area contributed by atoms with Gasteiger partial charge in [-0.05, 0) is 30.7 Å². The molecular formula is C14H21F3IN3O. The molecule has 0 radical (unpaired) electrons. The quantitative estimate of drug-likeness (QED) is 0.301. The standard InChI is InChI=1S/C14H20F3N3O.HI/c1-2-3-8-19-13(18)20-9-10-21-12-6-4-11(5-7-12)14(15,16)17;/h4-7H,2-3,8-10H2,1H3,(H3,18,19,20);1H. The number of rotatable bonds is 7. The summed E-state index contributed by atoms with van der Waals surface area (Å²) in [4.78, 5) is 4.10. The van der Waals surface area contributed by atoms with E-state index in [1.54, 1.807) is 0 Å². The van der Waals surface area contributed by atoms with Crippen LogP contribution < -0.4 is 15.8 Å². The van der Waals surface area contributed by atoms with Gasteiger partial charge in [0, 0.05) is 6.54 Å². The lowest BCUT2D eigenvalue weighted by Gasteiger charge is -2.10. The Kier molecular flexibility index (Phi) is 9.95. The van der Waals surface area contributed by atoms with Gasteiger partial charge in [-0.3, -0.25) is 4.99 Å². The Morgan fingerprint density at radius 3 is 2.45 bits per heavy atom. The maximum atomic E-state index is 12.4. The number of alkyl halides is 3. The van der Waals surface area contributed by atoms with Crippen molar-refractivity contribution in [3.63, 3.8) is 0 Å². The predicted molar refractivity (Wildman–Crippen MR) is 91.8 cm³/mol. The smallest absolute Gasteiger partial charge is 0.416 e. The highest BCUT2D eigenvalue weighted by atomic mass is 127. The van der Waals surface area contributed by atoms with Crippen LogP contribution in [0.25, 0.3) is 0 Å². The Bertz CT molecular complexity index is 450. The van der Waals surface area contributed by atoms with E-state index in [0.29, 0.717) is 24.8 Å². The predicted octanol–water partition coefficient (Wildman–Crippen LogP) is 3.41. The van der Waals surface area contributed by atoms with E-state index in [1.807, 2.05) is 0 Å². The molecule has 0 atom stereocenters. The largest absolute Gasteiger partial charge is 0.492 e. The van der Waals surface area contributed by atoms with E-state index in [0.717, 1.165) is 25.0 Å². The minimum absolute atomic E-state index is 0. The highest BCUT2D eigenvalue weighted by Gasteiger charge is 2.29. The molecule has 0 aromatic heterocycles. The molecular weight excluding hydrogens is 410 g/mol. The van der Waals surface area contributed by atoms with Crippen molar-refractivity contribution in [3.05, 3.63) is 29.8 Å². The van der Waals surface area contributed by atoms with E-state index in [4.69, 9.17) is 10.5 Å². The van der Waals surface area contributed by atoms with Gasteiger partial charge in [0.2, 0.25) is 0 Å². The van der Waals surface area contributed by atoms with Gasteiger partial charge in [0.15, 0.2) is 5.96 Å². The van der Waals surface area contributed by atoms with Crippen LogP contribution in [0.2, 0.25) is 0 Å². The van der Waals surface area contributed by atoms with Gasteiger partial charge in [-0.2, -0.15) is 13.2 Å². The Labute approximate surface area is 145 Å². The summed E-state index contributed by atoms with van der Waals surface area (Å²) in [7, 11) is 0. The summed E-state index contributed by atoms with van der Waals surface area (Å²) in [6, 6.07) is 4.57. The van der Waals surface area contributed by atoms with Crippen molar-refractivity contribution in [2.24, 2.45) is 10.7 Å². The second-order valence-electron chi connectivity index (χ2n) is 4.42. The van der Waals surface area contributed by atoms with Crippen LogP contribution in [0.4, 0.5) is 13.2 Å². The maximum Gasteiger partial charge on any atom is 0.416 e. The molecule has 0 fully saturated rings. The van der Waals surface area contributed by atoms with E-state index in [2.05, 4.69) is 17.2 Å². The van der Waals surface area contributed by atoms with Gasteiger partial charge in [-0.1, -0.05) is 13.3 Å². The third kappa shape index (κ3) is 8.30. The van der Waals surface area contributed by atoms with Gasteiger partial charge < -0.3 is 15.8 Å². The molecule has 0 saturated heterocycles. The van der Waals surface area contributed by atoms with Gasteiger partial charge >= 0.3 is 6.18 Å². The van der Waals surface area contributed by atoms with Crippen molar-refractivity contribution in [3.8, 4) is 5.75 Å². The molecule has 0 amide bonds. The van der Waals surface area contributed by atoms with E-state index in [9.17, 15) is 13.2 Å². The molecule has 0 aliphatic rings. The molecule has 1 aromatic carbocycles. The average Bonchev–Trinajstić information content (AvgIpc) is 2.43. The lowest BCUT2D eigenvalue weighted by Crippen LogP contribution is -2.34. The van der Waals surface area contributed by atoms with E-state index in [1.165, 1.54) is 12.1 Å². The van der Waals surface area contributed by atoms with Crippen LogP contribution in [0.1, 0.15) is 25.3 Å². The minimum Gasteiger partial charge on any atom is -0.492 e. The Morgan fingerprint density at radius 2 is 1.91 bits per heavy atom. The topological polar surface area (TPSA) is 59.6 Å². The van der Waals surface area contributed by atoms with E-state index >= 15 is 0 Å². The minimum atomic E-state index is -4.33. The van der Waals surface area contributed by atoms with Crippen molar-refractivity contribution >= 4 is 29.9 Å². The number of nitrogens with two attached hydrogens (primary N) is 1. The first-order valence-electron chi connectivity index (χ1n) is 6.77. The number of guanidine groups is 1. The number of unbranched alkanes of at least 4 members (excludes halogenated alkanes) is 1. The van der Waals surface area contributed by atoms with Crippen LogP contribution in [0.15, 0.2) is 29.3 Å². The summed E-state index contributed by atoms with van der Waals surface area (Å²) in [5, 5.41) is 2.87. The summed E-state index contributed by atoms with van der Waals surface area (Å²) in [6.07, 6.45) is -2.30. The molecule has 22 heavy (non-hydrogen) atoms.